The maximum atomic E-state index is 7.88. The largest absolute Gasteiger partial charge is 0.457 e. The maximum Gasteiger partial charge on any atom is 0.246 e. The lowest BCUT2D eigenvalue weighted by Crippen LogP contribution is -2.55. The molecule has 4 aliphatic heterocycles. The van der Waals surface area contributed by atoms with Gasteiger partial charge in [-0.2, -0.15) is 0 Å². The molecule has 10 heteroatoms. The number of hydrogen-bond donors (Lipinski definition) is 0. The Morgan fingerprint density at radius 2 is 0.533 bits per heavy atom. The molecule has 2 aliphatic carbocycles. The van der Waals surface area contributed by atoms with Crippen molar-refractivity contribution in [3.05, 3.63) is 570 Å². The van der Waals surface area contributed by atoms with Gasteiger partial charge in [0.1, 0.15) is 56.8 Å². The summed E-state index contributed by atoms with van der Waals surface area (Å²) in [6.07, 6.45) is 0. The first kappa shape index (κ1) is 87.3. The molecule has 0 unspecified atom stereocenters. The molecule has 24 aromatic rings. The van der Waals surface area contributed by atoms with Crippen LogP contribution in [0.4, 0.5) is 17.1 Å². The maximum absolute atomic E-state index is 7.88. The zero-order valence-electron chi connectivity index (χ0n) is 83.2. The van der Waals surface area contributed by atoms with E-state index in [1.165, 1.54) is 77.4 Å². The van der Waals surface area contributed by atoms with E-state index in [2.05, 4.69) is 536 Å². The second-order valence-electron chi connectivity index (χ2n) is 42.4. The summed E-state index contributed by atoms with van der Waals surface area (Å²) in [7, 11) is 0. The summed E-state index contributed by atoms with van der Waals surface area (Å²) in [5, 5.41) is 4.31. The van der Waals surface area contributed by atoms with Crippen molar-refractivity contribution in [3.8, 4) is 79.0 Å². The molecule has 0 bridgehead atoms. The molecule has 2 spiro atoms. The fourth-order valence-electron chi connectivity index (χ4n) is 27.6. The summed E-state index contributed by atoms with van der Waals surface area (Å²) in [4.78, 5) is 2.50. The van der Waals surface area contributed by atoms with E-state index >= 15 is 0 Å². The summed E-state index contributed by atoms with van der Waals surface area (Å²) >= 11 is 0. The molecule has 0 fully saturated rings. The highest BCUT2D eigenvalue weighted by Crippen LogP contribution is 2.66. The Labute approximate surface area is 873 Å². The van der Waals surface area contributed by atoms with Crippen molar-refractivity contribution in [2.75, 3.05) is 4.90 Å². The number of ether oxygens (including phenoxy) is 3. The number of hydrogen-bond acceptors (Lipinski definition) is 6. The SMILES string of the molecule is CC1(C)c2ccccc2-c2cccc(B(c3ccccc3)c3ccc4c(c3)C3(c5cc(B(c6ccccc6)c6cccc7c6C(C)(C)c6cc(-c8cccc9c8Oc8ccccc8C98c9cc(B(c%10ccccc%10)c%10cccc%11c%10oc%10ccccc%10%11)ccc9Oc9ccc(B(c%10ccccc%10)c%10cccc%11c%10oc%10ccccc%10%11)cc98)ccc6-7)ccc5O4)c4ccccc4N(c4ccc(-c5ccccc5)cc4)c4ccccc43)c21. The van der Waals surface area contributed by atoms with E-state index in [4.69, 9.17) is 23.0 Å². The molecule has 2 aromatic heterocycles. The van der Waals surface area contributed by atoms with Crippen LogP contribution in [0.15, 0.2) is 512 Å². The molecule has 6 aliphatic rings. The van der Waals surface area contributed by atoms with Gasteiger partial charge in [0.15, 0.2) is 0 Å². The van der Waals surface area contributed by atoms with Gasteiger partial charge in [-0.15, -0.1) is 0 Å². The second kappa shape index (κ2) is 33.7. The molecule has 22 aromatic carbocycles. The zero-order chi connectivity index (χ0) is 99.4. The minimum atomic E-state index is -1.10. The molecule has 0 radical (unpaired) electrons. The van der Waals surface area contributed by atoms with E-state index in [9.17, 15) is 0 Å². The first-order chi connectivity index (χ1) is 73.9. The van der Waals surface area contributed by atoms with Crippen LogP contribution in [0.2, 0.25) is 0 Å². The first-order valence-corrected chi connectivity index (χ1v) is 52.4. The molecule has 0 saturated carbocycles. The van der Waals surface area contributed by atoms with E-state index in [1.807, 2.05) is 0 Å². The van der Waals surface area contributed by atoms with Crippen LogP contribution in [0.3, 0.4) is 0 Å². The third-order valence-electron chi connectivity index (χ3n) is 33.9. The Balaban J connectivity index is 0.598. The highest BCUT2D eigenvalue weighted by molar-refractivity contribution is 6.98. The van der Waals surface area contributed by atoms with Gasteiger partial charge in [-0.1, -0.05) is 513 Å². The van der Waals surface area contributed by atoms with Gasteiger partial charge in [-0.25, -0.2) is 0 Å². The number of fused-ring (bicyclic) bond motifs is 28. The van der Waals surface area contributed by atoms with Crippen LogP contribution in [0.1, 0.15) is 94.5 Å². The lowest BCUT2D eigenvalue weighted by molar-refractivity contribution is 0.400. The van der Waals surface area contributed by atoms with Gasteiger partial charge in [0.25, 0.3) is 0 Å². The highest BCUT2D eigenvalue weighted by atomic mass is 16.5. The van der Waals surface area contributed by atoms with Gasteiger partial charge in [0.2, 0.25) is 26.9 Å². The zero-order valence-corrected chi connectivity index (χ0v) is 83.2. The van der Waals surface area contributed by atoms with E-state index in [-0.39, 0.29) is 32.3 Å². The second-order valence-corrected chi connectivity index (χ2v) is 42.4. The number of benzene rings is 22. The smallest absolute Gasteiger partial charge is 0.246 e. The van der Waals surface area contributed by atoms with Crippen LogP contribution >= 0.6 is 0 Å². The average Bonchev–Trinajstić information content (AvgIpc) is 1.26. The van der Waals surface area contributed by atoms with Gasteiger partial charge in [-0.3, -0.25) is 0 Å². The van der Waals surface area contributed by atoms with Crippen LogP contribution in [0.25, 0.3) is 88.4 Å². The molecule has 0 saturated heterocycles. The molecular formula is C140H95B4NO5. The van der Waals surface area contributed by atoms with E-state index in [0.717, 1.165) is 195 Å². The quantitative estimate of drug-likeness (QED) is 0.0954. The van der Waals surface area contributed by atoms with E-state index < -0.39 is 16.2 Å². The van der Waals surface area contributed by atoms with Gasteiger partial charge in [0.05, 0.1) is 22.2 Å². The molecule has 30 rings (SSSR count). The van der Waals surface area contributed by atoms with Gasteiger partial charge in [-0.05, 0) is 156 Å². The van der Waals surface area contributed by atoms with E-state index in [0.29, 0.717) is 0 Å². The average molecular weight is 1910 g/mol. The summed E-state index contributed by atoms with van der Waals surface area (Å²) in [6, 6.07) is 187. The minimum Gasteiger partial charge on any atom is -0.457 e. The lowest BCUT2D eigenvalue weighted by Gasteiger charge is -2.49. The number of para-hydroxylation sites is 8. The summed E-state index contributed by atoms with van der Waals surface area (Å²) in [5.41, 5.74) is 40.6. The Kier molecular flexibility index (Phi) is 19.6. The van der Waals surface area contributed by atoms with Crippen LogP contribution in [0.5, 0.6) is 34.5 Å². The predicted octanol–water partition coefficient (Wildman–Crippen LogP) is 26.4. The van der Waals surface area contributed by atoms with Crippen molar-refractivity contribution in [2.24, 2.45) is 0 Å². The molecule has 0 amide bonds. The molecule has 0 atom stereocenters. The fraction of sp³-hybridized carbons (Fsp3) is 0.0571. The molecule has 0 N–H and O–H groups in total. The van der Waals surface area contributed by atoms with Gasteiger partial charge in [0, 0.05) is 77.0 Å². The van der Waals surface area contributed by atoms with Crippen molar-refractivity contribution >= 4 is 153 Å². The van der Waals surface area contributed by atoms with Crippen molar-refractivity contribution in [1.29, 1.82) is 0 Å². The van der Waals surface area contributed by atoms with Crippen molar-refractivity contribution in [3.63, 3.8) is 0 Å². The third-order valence-corrected chi connectivity index (χ3v) is 33.9. The molecule has 6 nitrogen and oxygen atoms in total. The lowest BCUT2D eigenvalue weighted by atomic mass is 9.35. The summed E-state index contributed by atoms with van der Waals surface area (Å²) in [6.45, 7) is 8.73. The van der Waals surface area contributed by atoms with Gasteiger partial charge < -0.3 is 27.9 Å². The van der Waals surface area contributed by atoms with Crippen LogP contribution in [0, 0.1) is 0 Å². The van der Waals surface area contributed by atoms with Crippen LogP contribution in [-0.2, 0) is 21.7 Å². The Hall–Kier alpha value is -18.1. The highest BCUT2D eigenvalue weighted by Gasteiger charge is 2.56. The van der Waals surface area contributed by atoms with Crippen LogP contribution in [-0.4, -0.2) is 26.9 Å². The summed E-state index contributed by atoms with van der Waals surface area (Å²) < 4.78 is 37.4. The molecule has 6 heterocycles. The monoisotopic (exact) mass is 1910 g/mol. The van der Waals surface area contributed by atoms with Gasteiger partial charge >= 0.3 is 0 Å². The molecule has 702 valence electrons. The number of furan rings is 2. The Morgan fingerprint density at radius 1 is 0.200 bits per heavy atom. The van der Waals surface area contributed by atoms with Crippen molar-refractivity contribution in [1.82, 2.24) is 0 Å². The minimum absolute atomic E-state index is 0.173. The normalized spacial score (nSPS) is 14.1. The summed E-state index contributed by atoms with van der Waals surface area (Å²) in [5.74, 6) is 4.67. The number of anilines is 3. The molecule has 150 heavy (non-hydrogen) atoms. The fourth-order valence-corrected chi connectivity index (χ4v) is 27.6. The number of nitrogens with zero attached hydrogens (tertiary/aromatic N) is 1. The van der Waals surface area contributed by atoms with Crippen molar-refractivity contribution in [2.45, 2.75) is 49.4 Å². The van der Waals surface area contributed by atoms with E-state index in [1.54, 1.807) is 0 Å². The Morgan fingerprint density at radius 3 is 1.02 bits per heavy atom. The van der Waals surface area contributed by atoms with Crippen molar-refractivity contribution < 1.29 is 23.0 Å². The Bertz CT molecular complexity index is 9420. The first-order valence-electron chi connectivity index (χ1n) is 52.4. The standard InChI is InChI=1S/C140H95B4NO5/c1-137(2)109-55-23-20-47-101(109)105-51-33-60-119(132(105)137)141(91-39-12-6-13-40-91)95-72-79-128-115(84-95)139(110-56-24-27-64-123(110)145(124-65-28-25-57-111(124)139)99-76-69-89(70-77-99)88-37-10-5-11-38-88)116-85-96(73-80-129(116)146-128)142(92-41-14-7-15-42-92)120-61-34-52-106-102-78-71-90(83-114(102)138(3,4)133(106)120)100-50-32-59-113-134(100)150-127-68-31-26-58-112(127)140(113)117-86-97(143(93-43-16-8-17-44-93)121-62-35-53-107-103-48-21-29-66-125(103)148-135(107)121)74-81-130(117)147-131-82-75-98(87-118(131)140)144(94-45-18-9-19-46-94)122-63-36-54-108-104-49-22-30-67-126(104)149-136(108)122/h5-87H,1-4H3. The third kappa shape index (κ3) is 12.9. The molecular weight excluding hydrogens is 1820 g/mol. The predicted molar refractivity (Wildman–Crippen MR) is 622 cm³/mol. The topological polar surface area (TPSA) is 57.2 Å². The number of rotatable bonds is 15. The van der Waals surface area contributed by atoms with Crippen LogP contribution < -0.4 is 84.7 Å².